The van der Waals surface area contributed by atoms with Crippen molar-refractivity contribution in [3.8, 4) is 0 Å². The van der Waals surface area contributed by atoms with Crippen LogP contribution in [-0.2, 0) is 0 Å². The van der Waals surface area contributed by atoms with Crippen LogP contribution >= 0.6 is 12.2 Å². The predicted molar refractivity (Wildman–Crippen MR) is 46.9 cm³/mol. The zero-order chi connectivity index (χ0) is 7.49. The second-order valence-electron chi connectivity index (χ2n) is 3.41. The van der Waals surface area contributed by atoms with Gasteiger partial charge in [-0.05, 0) is 11.8 Å². The van der Waals surface area contributed by atoms with E-state index in [1.54, 1.807) is 6.08 Å². The van der Waals surface area contributed by atoms with Gasteiger partial charge in [-0.1, -0.05) is 45.6 Å². The summed E-state index contributed by atoms with van der Waals surface area (Å²) < 4.78 is 0. The molecule has 0 saturated carbocycles. The van der Waals surface area contributed by atoms with Crippen LogP contribution in [0.4, 0.5) is 0 Å². The molecule has 0 nitrogen and oxygen atoms in total. The van der Waals surface area contributed by atoms with Gasteiger partial charge in [0, 0.05) is 4.86 Å². The van der Waals surface area contributed by atoms with Crippen LogP contribution in [0.1, 0.15) is 27.2 Å². The molecule has 0 atom stereocenters. The van der Waals surface area contributed by atoms with Crippen LogP contribution in [0.25, 0.3) is 0 Å². The van der Waals surface area contributed by atoms with E-state index in [9.17, 15) is 0 Å². The molecule has 0 N–H and O–H groups in total. The molecule has 0 radical (unpaired) electrons. The maximum Gasteiger partial charge on any atom is 0.0151 e. The van der Waals surface area contributed by atoms with Gasteiger partial charge in [-0.3, -0.25) is 0 Å². The lowest BCUT2D eigenvalue weighted by Crippen LogP contribution is -2.09. The quantitative estimate of drug-likeness (QED) is 0.422. The Balaban J connectivity index is 3.74. The molecule has 0 bridgehead atoms. The topological polar surface area (TPSA) is 0 Å². The first-order valence-electron chi connectivity index (χ1n) is 3.11. The lowest BCUT2D eigenvalue weighted by Gasteiger charge is -2.16. The fourth-order valence-corrected chi connectivity index (χ4v) is 1.03. The van der Waals surface area contributed by atoms with Gasteiger partial charge in [0.25, 0.3) is 0 Å². The van der Waals surface area contributed by atoms with Gasteiger partial charge in [-0.15, -0.1) is 0 Å². The van der Waals surface area contributed by atoms with E-state index in [1.807, 2.05) is 0 Å². The lowest BCUT2D eigenvalue weighted by atomic mass is 9.91. The zero-order valence-electron chi connectivity index (χ0n) is 6.40. The number of allylic oxidation sites excluding steroid dienone is 1. The molecular formula is C8H14S. The fourth-order valence-electron chi connectivity index (χ4n) is 0.595. The molecule has 0 aliphatic rings. The van der Waals surface area contributed by atoms with E-state index in [1.165, 1.54) is 0 Å². The molecule has 0 aliphatic heterocycles. The minimum Gasteiger partial charge on any atom is -0.0980 e. The van der Waals surface area contributed by atoms with E-state index in [0.717, 1.165) is 11.3 Å². The molecule has 9 heavy (non-hydrogen) atoms. The monoisotopic (exact) mass is 142 g/mol. The summed E-state index contributed by atoms with van der Waals surface area (Å²) in [5.74, 6) is 0. The maximum absolute atomic E-state index is 4.99. The van der Waals surface area contributed by atoms with Gasteiger partial charge in [0.1, 0.15) is 0 Å². The highest BCUT2D eigenvalue weighted by molar-refractivity contribution is 7.80. The van der Waals surface area contributed by atoms with Gasteiger partial charge < -0.3 is 0 Å². The molecule has 0 aromatic heterocycles. The molecule has 0 heterocycles. The number of thiocarbonyl (C=S) groups is 1. The Morgan fingerprint density at radius 2 is 2.00 bits per heavy atom. The van der Waals surface area contributed by atoms with Gasteiger partial charge in [0.05, 0.1) is 0 Å². The highest BCUT2D eigenvalue weighted by Crippen LogP contribution is 2.19. The summed E-state index contributed by atoms with van der Waals surface area (Å²) in [6.45, 7) is 10.1. The van der Waals surface area contributed by atoms with Crippen LogP contribution in [0.5, 0.6) is 0 Å². The summed E-state index contributed by atoms with van der Waals surface area (Å²) in [6, 6.07) is 0. The van der Waals surface area contributed by atoms with Crippen molar-refractivity contribution in [3.63, 3.8) is 0 Å². The number of rotatable bonds is 2. The Morgan fingerprint density at radius 1 is 1.56 bits per heavy atom. The van der Waals surface area contributed by atoms with Gasteiger partial charge in [0.2, 0.25) is 0 Å². The molecule has 0 saturated heterocycles. The van der Waals surface area contributed by atoms with Crippen LogP contribution in [-0.4, -0.2) is 4.86 Å². The van der Waals surface area contributed by atoms with E-state index in [4.69, 9.17) is 12.2 Å². The highest BCUT2D eigenvalue weighted by atomic mass is 32.1. The van der Waals surface area contributed by atoms with Crippen molar-refractivity contribution < 1.29 is 0 Å². The number of hydrogen-bond acceptors (Lipinski definition) is 1. The standard InChI is InChI=1S/C8H14S/c1-5-7(9)6-8(2,3)4/h5H,1,6H2,2-4H3. The normalized spacial score (nSPS) is 11.0. The zero-order valence-corrected chi connectivity index (χ0v) is 7.22. The fraction of sp³-hybridized carbons (Fsp3) is 0.625. The predicted octanol–water partition coefficient (Wildman–Crippen LogP) is 2.98. The molecule has 52 valence electrons. The summed E-state index contributed by atoms with van der Waals surface area (Å²) in [5, 5.41) is 0. The summed E-state index contributed by atoms with van der Waals surface area (Å²) in [4.78, 5) is 0.961. The first-order chi connectivity index (χ1) is 3.95. The van der Waals surface area contributed by atoms with Gasteiger partial charge >= 0.3 is 0 Å². The third kappa shape index (κ3) is 5.71. The Labute approximate surface area is 63.0 Å². The molecule has 0 aromatic carbocycles. The third-order valence-electron chi connectivity index (χ3n) is 0.932. The second-order valence-corrected chi connectivity index (χ2v) is 3.93. The van der Waals surface area contributed by atoms with Crippen LogP contribution < -0.4 is 0 Å². The van der Waals surface area contributed by atoms with Gasteiger partial charge in [-0.2, -0.15) is 0 Å². The molecule has 0 fully saturated rings. The van der Waals surface area contributed by atoms with Crippen LogP contribution in [0, 0.1) is 5.41 Å². The summed E-state index contributed by atoms with van der Waals surface area (Å²) in [5.41, 5.74) is 0.311. The molecule has 0 unspecified atom stereocenters. The van der Waals surface area contributed by atoms with E-state index in [0.29, 0.717) is 5.41 Å². The summed E-state index contributed by atoms with van der Waals surface area (Å²) in [6.07, 6.45) is 2.71. The van der Waals surface area contributed by atoms with Crippen molar-refractivity contribution in [2.24, 2.45) is 5.41 Å². The van der Waals surface area contributed by atoms with Crippen molar-refractivity contribution in [2.45, 2.75) is 27.2 Å². The van der Waals surface area contributed by atoms with Crippen LogP contribution in [0.3, 0.4) is 0 Å². The average Bonchev–Trinajstić information content (AvgIpc) is 1.62. The van der Waals surface area contributed by atoms with Crippen molar-refractivity contribution in [3.05, 3.63) is 12.7 Å². The van der Waals surface area contributed by atoms with Crippen molar-refractivity contribution >= 4 is 17.1 Å². The Hall–Kier alpha value is -0.170. The van der Waals surface area contributed by atoms with Crippen LogP contribution in [0.2, 0.25) is 0 Å². The smallest absolute Gasteiger partial charge is 0.0151 e. The first kappa shape index (κ1) is 8.83. The SMILES string of the molecule is C=CC(=S)CC(C)(C)C. The number of hydrogen-bond donors (Lipinski definition) is 0. The molecule has 0 spiro atoms. The first-order valence-corrected chi connectivity index (χ1v) is 3.52. The average molecular weight is 142 g/mol. The molecule has 0 amide bonds. The molecule has 0 aliphatic carbocycles. The van der Waals surface area contributed by atoms with E-state index < -0.39 is 0 Å². The highest BCUT2D eigenvalue weighted by Gasteiger charge is 2.10. The lowest BCUT2D eigenvalue weighted by molar-refractivity contribution is 0.437. The Kier molecular flexibility index (Phi) is 3.06. The Bertz CT molecular complexity index is 117. The minimum absolute atomic E-state index is 0.311. The largest absolute Gasteiger partial charge is 0.0980 e. The summed E-state index contributed by atoms with van der Waals surface area (Å²) in [7, 11) is 0. The van der Waals surface area contributed by atoms with E-state index in [-0.39, 0.29) is 0 Å². The van der Waals surface area contributed by atoms with Crippen molar-refractivity contribution in [2.75, 3.05) is 0 Å². The third-order valence-corrected chi connectivity index (χ3v) is 1.24. The van der Waals surface area contributed by atoms with Crippen molar-refractivity contribution in [1.82, 2.24) is 0 Å². The van der Waals surface area contributed by atoms with E-state index in [2.05, 4.69) is 27.4 Å². The van der Waals surface area contributed by atoms with Gasteiger partial charge in [0.15, 0.2) is 0 Å². The maximum atomic E-state index is 4.99. The van der Waals surface area contributed by atoms with E-state index >= 15 is 0 Å². The molecule has 0 aromatic rings. The van der Waals surface area contributed by atoms with Crippen molar-refractivity contribution in [1.29, 1.82) is 0 Å². The van der Waals surface area contributed by atoms with Crippen LogP contribution in [0.15, 0.2) is 12.7 Å². The summed E-state index contributed by atoms with van der Waals surface area (Å²) >= 11 is 4.99. The molecule has 1 heteroatoms. The molecule has 0 rings (SSSR count). The Morgan fingerprint density at radius 3 is 2.11 bits per heavy atom. The molecular weight excluding hydrogens is 128 g/mol. The van der Waals surface area contributed by atoms with Gasteiger partial charge in [-0.25, -0.2) is 0 Å². The minimum atomic E-state index is 0.311. The second kappa shape index (κ2) is 3.11.